The molecule has 4 nitrogen and oxygen atoms in total. The van der Waals surface area contributed by atoms with Gasteiger partial charge in [-0.3, -0.25) is 14.5 Å². The predicted molar refractivity (Wildman–Crippen MR) is 70.6 cm³/mol. The molecule has 3 N–H and O–H groups in total. The number of halogens is 1. The monoisotopic (exact) mass is 269 g/mol. The first-order valence-electron chi connectivity index (χ1n) is 5.77. The first-order valence-corrected chi connectivity index (χ1v) is 7.26. The molecule has 18 heavy (non-hydrogen) atoms. The molecule has 0 radical (unpaired) electrons. The van der Waals surface area contributed by atoms with Gasteiger partial charge < -0.3 is 5.73 Å². The molecule has 1 aliphatic rings. The third-order valence-corrected chi connectivity index (χ3v) is 4.31. The second kappa shape index (κ2) is 5.58. The highest BCUT2D eigenvalue weighted by Gasteiger charge is 2.18. The maximum absolute atomic E-state index is 14.0. The van der Waals surface area contributed by atoms with Crippen LogP contribution in [0.25, 0.3) is 0 Å². The molecule has 0 atom stereocenters. The Bertz CT molecular complexity index is 482. The molecule has 1 aromatic carbocycles. The molecule has 1 aliphatic heterocycles. The summed E-state index contributed by atoms with van der Waals surface area (Å²) in [6.45, 7) is 1.91. The summed E-state index contributed by atoms with van der Waals surface area (Å²) in [5.41, 5.74) is 6.01. The maximum Gasteiger partial charge on any atom is 0.138 e. The Morgan fingerprint density at radius 1 is 1.44 bits per heavy atom. The van der Waals surface area contributed by atoms with Crippen LogP contribution in [0, 0.1) is 11.2 Å². The predicted octanol–water partition coefficient (Wildman–Crippen LogP) is 0.674. The molecular weight excluding hydrogens is 253 g/mol. The van der Waals surface area contributed by atoms with Gasteiger partial charge in [-0.05, 0) is 6.07 Å². The van der Waals surface area contributed by atoms with Crippen LogP contribution in [0.15, 0.2) is 18.2 Å². The normalized spacial score (nSPS) is 17.8. The van der Waals surface area contributed by atoms with Crippen LogP contribution in [0.4, 0.5) is 4.39 Å². The molecule has 98 valence electrons. The topological polar surface area (TPSA) is 70.2 Å². The fourth-order valence-corrected chi connectivity index (χ4v) is 3.11. The van der Waals surface area contributed by atoms with Crippen molar-refractivity contribution in [2.45, 2.75) is 6.54 Å². The number of rotatable bonds is 3. The SMILES string of the molecule is N=C(N)c1cccc(CN2CCS(=O)CC2)c1F. The van der Waals surface area contributed by atoms with Gasteiger partial charge in [0.25, 0.3) is 0 Å². The molecule has 1 saturated heterocycles. The second-order valence-corrected chi connectivity index (χ2v) is 6.01. The number of nitrogen functional groups attached to an aromatic ring is 1. The second-order valence-electron chi connectivity index (χ2n) is 4.32. The maximum atomic E-state index is 14.0. The molecule has 6 heteroatoms. The quantitative estimate of drug-likeness (QED) is 0.626. The zero-order chi connectivity index (χ0) is 13.1. The smallest absolute Gasteiger partial charge is 0.138 e. The lowest BCUT2D eigenvalue weighted by molar-refractivity contribution is 0.287. The highest BCUT2D eigenvalue weighted by molar-refractivity contribution is 7.85. The van der Waals surface area contributed by atoms with E-state index in [1.54, 1.807) is 12.1 Å². The van der Waals surface area contributed by atoms with E-state index in [-0.39, 0.29) is 11.4 Å². The Morgan fingerprint density at radius 2 is 2.11 bits per heavy atom. The van der Waals surface area contributed by atoms with Crippen molar-refractivity contribution in [1.82, 2.24) is 4.90 Å². The summed E-state index contributed by atoms with van der Waals surface area (Å²) in [7, 11) is -0.725. The van der Waals surface area contributed by atoms with E-state index in [0.717, 1.165) is 13.1 Å². The highest BCUT2D eigenvalue weighted by atomic mass is 32.2. The molecule has 0 spiro atoms. The summed E-state index contributed by atoms with van der Waals surface area (Å²) in [5.74, 6) is 0.618. The van der Waals surface area contributed by atoms with Crippen molar-refractivity contribution >= 4 is 16.6 Å². The first kappa shape index (κ1) is 13.2. The fraction of sp³-hybridized carbons (Fsp3) is 0.417. The Morgan fingerprint density at radius 3 is 2.72 bits per heavy atom. The largest absolute Gasteiger partial charge is 0.384 e. The van der Waals surface area contributed by atoms with Crippen LogP contribution in [0.2, 0.25) is 0 Å². The van der Waals surface area contributed by atoms with Crippen molar-refractivity contribution in [1.29, 1.82) is 5.41 Å². The van der Waals surface area contributed by atoms with Crippen LogP contribution in [0.3, 0.4) is 0 Å². The molecule has 1 aromatic rings. The van der Waals surface area contributed by atoms with Gasteiger partial charge in [-0.2, -0.15) is 0 Å². The van der Waals surface area contributed by atoms with Gasteiger partial charge in [0, 0.05) is 47.5 Å². The Labute approximate surface area is 108 Å². The molecule has 0 unspecified atom stereocenters. The molecule has 2 rings (SSSR count). The molecule has 1 fully saturated rings. The van der Waals surface area contributed by atoms with E-state index in [2.05, 4.69) is 4.90 Å². The molecule has 0 amide bonds. The number of nitrogens with two attached hydrogens (primary N) is 1. The van der Waals surface area contributed by atoms with Crippen LogP contribution in [-0.2, 0) is 17.3 Å². The van der Waals surface area contributed by atoms with Crippen molar-refractivity contribution < 1.29 is 8.60 Å². The summed E-state index contributed by atoms with van der Waals surface area (Å²) in [5, 5.41) is 7.30. The van der Waals surface area contributed by atoms with E-state index in [9.17, 15) is 8.60 Å². The van der Waals surface area contributed by atoms with E-state index in [4.69, 9.17) is 11.1 Å². The summed E-state index contributed by atoms with van der Waals surface area (Å²) >= 11 is 0. The summed E-state index contributed by atoms with van der Waals surface area (Å²) in [6.07, 6.45) is 0. The average Bonchev–Trinajstić information content (AvgIpc) is 2.34. The molecule has 0 bridgehead atoms. The van der Waals surface area contributed by atoms with Crippen LogP contribution < -0.4 is 5.73 Å². The highest BCUT2D eigenvalue weighted by Crippen LogP contribution is 2.15. The van der Waals surface area contributed by atoms with Gasteiger partial charge in [-0.1, -0.05) is 12.1 Å². The van der Waals surface area contributed by atoms with Crippen LogP contribution in [-0.4, -0.2) is 39.5 Å². The van der Waals surface area contributed by atoms with E-state index in [1.807, 2.05) is 0 Å². The lowest BCUT2D eigenvalue weighted by Gasteiger charge is -2.26. The lowest BCUT2D eigenvalue weighted by atomic mass is 10.1. The molecule has 0 aliphatic carbocycles. The van der Waals surface area contributed by atoms with Gasteiger partial charge in [0.15, 0.2) is 0 Å². The van der Waals surface area contributed by atoms with Crippen molar-refractivity contribution in [2.75, 3.05) is 24.6 Å². The Balaban J connectivity index is 2.12. The minimum Gasteiger partial charge on any atom is -0.384 e. The van der Waals surface area contributed by atoms with Gasteiger partial charge in [-0.15, -0.1) is 0 Å². The van der Waals surface area contributed by atoms with E-state index < -0.39 is 16.6 Å². The number of nitrogens with one attached hydrogen (secondary N) is 1. The number of hydrogen-bond donors (Lipinski definition) is 2. The number of benzene rings is 1. The van der Waals surface area contributed by atoms with Crippen molar-refractivity contribution in [3.05, 3.63) is 35.1 Å². The van der Waals surface area contributed by atoms with E-state index in [0.29, 0.717) is 23.6 Å². The lowest BCUT2D eigenvalue weighted by Crippen LogP contribution is -2.37. The number of hydrogen-bond acceptors (Lipinski definition) is 3. The van der Waals surface area contributed by atoms with E-state index >= 15 is 0 Å². The fourth-order valence-electron chi connectivity index (χ4n) is 1.98. The zero-order valence-corrected chi connectivity index (χ0v) is 10.8. The van der Waals surface area contributed by atoms with Gasteiger partial charge in [-0.25, -0.2) is 4.39 Å². The average molecular weight is 269 g/mol. The third-order valence-electron chi connectivity index (χ3n) is 3.03. The van der Waals surface area contributed by atoms with Gasteiger partial charge >= 0.3 is 0 Å². The van der Waals surface area contributed by atoms with Gasteiger partial charge in [0.05, 0.1) is 5.56 Å². The zero-order valence-electron chi connectivity index (χ0n) is 9.99. The van der Waals surface area contributed by atoms with Crippen molar-refractivity contribution in [3.8, 4) is 0 Å². The standard InChI is InChI=1S/C12H16FN3OS/c13-11-9(2-1-3-10(11)12(14)15)8-16-4-6-18(17)7-5-16/h1-3H,4-8H2,(H3,14,15). The van der Waals surface area contributed by atoms with Crippen LogP contribution >= 0.6 is 0 Å². The van der Waals surface area contributed by atoms with Gasteiger partial charge in [0.2, 0.25) is 0 Å². The minimum atomic E-state index is -0.725. The number of nitrogens with zero attached hydrogens (tertiary/aromatic N) is 1. The summed E-state index contributed by atoms with van der Waals surface area (Å²) in [4.78, 5) is 2.07. The van der Waals surface area contributed by atoms with Crippen LogP contribution in [0.1, 0.15) is 11.1 Å². The van der Waals surface area contributed by atoms with Crippen LogP contribution in [0.5, 0.6) is 0 Å². The third kappa shape index (κ3) is 2.94. The Kier molecular flexibility index (Phi) is 4.08. The molecule has 0 aromatic heterocycles. The van der Waals surface area contributed by atoms with Crippen molar-refractivity contribution in [3.63, 3.8) is 0 Å². The van der Waals surface area contributed by atoms with Gasteiger partial charge in [0.1, 0.15) is 11.7 Å². The summed E-state index contributed by atoms with van der Waals surface area (Å²) in [6, 6.07) is 4.91. The van der Waals surface area contributed by atoms with Crippen molar-refractivity contribution in [2.24, 2.45) is 5.73 Å². The Hall–Kier alpha value is -1.27. The number of amidine groups is 1. The molecule has 0 saturated carbocycles. The molecule has 1 heterocycles. The minimum absolute atomic E-state index is 0.146. The first-order chi connectivity index (χ1) is 8.58. The summed E-state index contributed by atoms with van der Waals surface area (Å²) < 4.78 is 25.3. The van der Waals surface area contributed by atoms with E-state index in [1.165, 1.54) is 6.07 Å². The molecular formula is C12H16FN3OS.